The first kappa shape index (κ1) is 13.1. The summed E-state index contributed by atoms with van der Waals surface area (Å²) in [5.74, 6) is 0.410. The van der Waals surface area contributed by atoms with Gasteiger partial charge in [0.15, 0.2) is 0 Å². The van der Waals surface area contributed by atoms with E-state index in [9.17, 15) is 4.79 Å². The van der Waals surface area contributed by atoms with Gasteiger partial charge < -0.3 is 9.73 Å². The van der Waals surface area contributed by atoms with E-state index in [2.05, 4.69) is 10.3 Å². The lowest BCUT2D eigenvalue weighted by Gasteiger charge is -2.10. The largest absolute Gasteiger partial charge is 0.469 e. The van der Waals surface area contributed by atoms with Crippen molar-refractivity contribution in [3.05, 3.63) is 72.3 Å². The second kappa shape index (κ2) is 5.63. The topological polar surface area (TPSA) is 55.1 Å². The highest BCUT2D eigenvalue weighted by Gasteiger charge is 2.14. The number of hydrogen-bond donors (Lipinski definition) is 1. The van der Waals surface area contributed by atoms with Crippen molar-refractivity contribution in [2.45, 2.75) is 6.92 Å². The molecule has 104 valence electrons. The van der Waals surface area contributed by atoms with Crippen LogP contribution in [-0.4, -0.2) is 10.9 Å². The summed E-state index contributed by atoms with van der Waals surface area (Å²) in [4.78, 5) is 16.6. The van der Waals surface area contributed by atoms with Crippen molar-refractivity contribution in [3.8, 4) is 11.3 Å². The zero-order valence-corrected chi connectivity index (χ0v) is 11.5. The standard InChI is InChI=1S/C17H14N2O2/c1-12-13(9-11-21-12)17(20)19-16-8-3-2-6-14(16)15-7-4-5-10-18-15/h2-11H,1H3,(H,19,20). The first-order valence-electron chi connectivity index (χ1n) is 6.61. The first-order chi connectivity index (χ1) is 10.3. The summed E-state index contributed by atoms with van der Waals surface area (Å²) in [5, 5.41) is 2.91. The number of nitrogens with one attached hydrogen (secondary N) is 1. The van der Waals surface area contributed by atoms with E-state index in [1.54, 1.807) is 19.2 Å². The summed E-state index contributed by atoms with van der Waals surface area (Å²) >= 11 is 0. The molecule has 0 spiro atoms. The molecule has 3 aromatic rings. The number of hydrogen-bond acceptors (Lipinski definition) is 3. The first-order valence-corrected chi connectivity index (χ1v) is 6.61. The Labute approximate surface area is 122 Å². The third-order valence-corrected chi connectivity index (χ3v) is 3.22. The molecule has 0 radical (unpaired) electrons. The van der Waals surface area contributed by atoms with Crippen LogP contribution in [-0.2, 0) is 0 Å². The van der Waals surface area contributed by atoms with Crippen LogP contribution in [0.5, 0.6) is 0 Å². The number of rotatable bonds is 3. The van der Waals surface area contributed by atoms with Crippen LogP contribution in [0.1, 0.15) is 16.1 Å². The SMILES string of the molecule is Cc1occc1C(=O)Nc1ccccc1-c1ccccn1. The maximum absolute atomic E-state index is 12.3. The Morgan fingerprint density at radius 1 is 1.10 bits per heavy atom. The van der Waals surface area contributed by atoms with Crippen LogP contribution in [0.25, 0.3) is 11.3 Å². The maximum Gasteiger partial charge on any atom is 0.259 e. The van der Waals surface area contributed by atoms with Crippen LogP contribution in [0.3, 0.4) is 0 Å². The van der Waals surface area contributed by atoms with Crippen molar-refractivity contribution in [2.75, 3.05) is 5.32 Å². The van der Waals surface area contributed by atoms with Crippen LogP contribution < -0.4 is 5.32 Å². The van der Waals surface area contributed by atoms with Gasteiger partial charge in [-0.25, -0.2) is 0 Å². The van der Waals surface area contributed by atoms with E-state index in [0.29, 0.717) is 11.3 Å². The van der Waals surface area contributed by atoms with Gasteiger partial charge >= 0.3 is 0 Å². The fourth-order valence-electron chi connectivity index (χ4n) is 2.15. The molecule has 0 saturated heterocycles. The minimum atomic E-state index is -0.190. The van der Waals surface area contributed by atoms with E-state index in [0.717, 1.165) is 16.9 Å². The highest BCUT2D eigenvalue weighted by molar-refractivity contribution is 6.06. The Morgan fingerprint density at radius 2 is 1.90 bits per heavy atom. The minimum absolute atomic E-state index is 0.190. The van der Waals surface area contributed by atoms with E-state index in [1.165, 1.54) is 6.26 Å². The zero-order valence-electron chi connectivity index (χ0n) is 11.5. The lowest BCUT2D eigenvalue weighted by molar-refractivity contribution is 0.102. The van der Waals surface area contributed by atoms with E-state index < -0.39 is 0 Å². The van der Waals surface area contributed by atoms with Gasteiger partial charge in [-0.15, -0.1) is 0 Å². The van der Waals surface area contributed by atoms with Gasteiger partial charge in [-0.3, -0.25) is 9.78 Å². The fourth-order valence-corrected chi connectivity index (χ4v) is 2.15. The Morgan fingerprint density at radius 3 is 2.62 bits per heavy atom. The van der Waals surface area contributed by atoms with Crippen molar-refractivity contribution in [1.82, 2.24) is 4.98 Å². The summed E-state index contributed by atoms with van der Waals surface area (Å²) in [6, 6.07) is 14.9. The van der Waals surface area contributed by atoms with E-state index >= 15 is 0 Å². The van der Waals surface area contributed by atoms with E-state index in [4.69, 9.17) is 4.42 Å². The second-order valence-corrected chi connectivity index (χ2v) is 4.61. The Hall–Kier alpha value is -2.88. The van der Waals surface area contributed by atoms with Crippen molar-refractivity contribution >= 4 is 11.6 Å². The highest BCUT2D eigenvalue weighted by Crippen LogP contribution is 2.26. The van der Waals surface area contributed by atoms with Gasteiger partial charge in [-0.1, -0.05) is 24.3 Å². The van der Waals surface area contributed by atoms with Crippen LogP contribution in [0, 0.1) is 6.92 Å². The molecule has 0 unspecified atom stereocenters. The predicted octanol–water partition coefficient (Wildman–Crippen LogP) is 3.90. The van der Waals surface area contributed by atoms with Crippen molar-refractivity contribution in [3.63, 3.8) is 0 Å². The second-order valence-electron chi connectivity index (χ2n) is 4.61. The quantitative estimate of drug-likeness (QED) is 0.790. The van der Waals surface area contributed by atoms with Gasteiger partial charge in [0.1, 0.15) is 5.76 Å². The zero-order chi connectivity index (χ0) is 14.7. The lowest BCUT2D eigenvalue weighted by Crippen LogP contribution is -2.12. The smallest absolute Gasteiger partial charge is 0.259 e. The summed E-state index contributed by atoms with van der Waals surface area (Å²) in [7, 11) is 0. The van der Waals surface area contributed by atoms with Gasteiger partial charge in [0.2, 0.25) is 0 Å². The number of aromatic nitrogens is 1. The molecule has 1 amide bonds. The molecular weight excluding hydrogens is 264 g/mol. The lowest BCUT2D eigenvalue weighted by atomic mass is 10.1. The number of nitrogens with zero attached hydrogens (tertiary/aromatic N) is 1. The summed E-state index contributed by atoms with van der Waals surface area (Å²) in [6.45, 7) is 1.76. The van der Waals surface area contributed by atoms with Gasteiger partial charge in [-0.05, 0) is 31.2 Å². The molecule has 2 heterocycles. The van der Waals surface area contributed by atoms with E-state index in [1.807, 2.05) is 42.5 Å². The van der Waals surface area contributed by atoms with Gasteiger partial charge in [0.05, 0.1) is 23.2 Å². The monoisotopic (exact) mass is 278 g/mol. The Balaban J connectivity index is 1.94. The number of carbonyl (C=O) groups is 1. The molecule has 21 heavy (non-hydrogen) atoms. The van der Waals surface area contributed by atoms with E-state index in [-0.39, 0.29) is 5.91 Å². The molecule has 0 aliphatic heterocycles. The van der Waals surface area contributed by atoms with Gasteiger partial charge in [0, 0.05) is 11.8 Å². The number of carbonyl (C=O) groups excluding carboxylic acids is 1. The summed E-state index contributed by atoms with van der Waals surface area (Å²) in [5.41, 5.74) is 2.96. The third kappa shape index (κ3) is 2.69. The number of para-hydroxylation sites is 1. The van der Waals surface area contributed by atoms with Crippen molar-refractivity contribution < 1.29 is 9.21 Å². The average molecular weight is 278 g/mol. The number of aryl methyl sites for hydroxylation is 1. The fraction of sp³-hybridized carbons (Fsp3) is 0.0588. The highest BCUT2D eigenvalue weighted by atomic mass is 16.3. The molecule has 0 atom stereocenters. The predicted molar refractivity (Wildman–Crippen MR) is 81.1 cm³/mol. The molecule has 4 nitrogen and oxygen atoms in total. The van der Waals surface area contributed by atoms with Gasteiger partial charge in [0.25, 0.3) is 5.91 Å². The molecule has 0 bridgehead atoms. The summed E-state index contributed by atoms with van der Waals surface area (Å²) in [6.07, 6.45) is 3.24. The molecule has 2 aromatic heterocycles. The molecule has 1 N–H and O–H groups in total. The Bertz CT molecular complexity index is 763. The van der Waals surface area contributed by atoms with Crippen molar-refractivity contribution in [2.24, 2.45) is 0 Å². The molecule has 0 saturated carbocycles. The normalized spacial score (nSPS) is 10.3. The van der Waals surface area contributed by atoms with Crippen LogP contribution >= 0.6 is 0 Å². The molecule has 0 aliphatic carbocycles. The number of furan rings is 1. The number of anilines is 1. The molecule has 3 rings (SSSR count). The number of benzene rings is 1. The minimum Gasteiger partial charge on any atom is -0.469 e. The average Bonchev–Trinajstić information content (AvgIpc) is 2.95. The maximum atomic E-state index is 12.3. The number of amides is 1. The molecule has 1 aromatic carbocycles. The molecule has 0 fully saturated rings. The van der Waals surface area contributed by atoms with Gasteiger partial charge in [-0.2, -0.15) is 0 Å². The Kier molecular flexibility index (Phi) is 3.51. The van der Waals surface area contributed by atoms with Crippen LogP contribution in [0.2, 0.25) is 0 Å². The third-order valence-electron chi connectivity index (χ3n) is 3.22. The van der Waals surface area contributed by atoms with Crippen LogP contribution in [0.15, 0.2) is 65.4 Å². The van der Waals surface area contributed by atoms with Crippen molar-refractivity contribution in [1.29, 1.82) is 0 Å². The molecule has 0 aliphatic rings. The number of pyridine rings is 1. The summed E-state index contributed by atoms with van der Waals surface area (Å²) < 4.78 is 5.17. The van der Waals surface area contributed by atoms with Crippen LogP contribution in [0.4, 0.5) is 5.69 Å². The molecular formula is C17H14N2O2. The molecule has 4 heteroatoms.